The van der Waals surface area contributed by atoms with Gasteiger partial charge in [-0.25, -0.2) is 0 Å². The predicted molar refractivity (Wildman–Crippen MR) is 131 cm³/mol. The minimum atomic E-state index is -2.95. The van der Waals surface area contributed by atoms with Crippen LogP contribution in [0.15, 0.2) is 60.9 Å². The molecule has 1 N–H and O–H groups in total. The number of halogens is 3. The summed E-state index contributed by atoms with van der Waals surface area (Å²) in [6.07, 6.45) is 7.30. The van der Waals surface area contributed by atoms with Crippen LogP contribution in [0.3, 0.4) is 0 Å². The number of alkyl halides is 2. The van der Waals surface area contributed by atoms with Crippen molar-refractivity contribution in [2.45, 2.75) is 44.9 Å². The topological polar surface area (TPSA) is 89.1 Å². The molecule has 2 heterocycles. The van der Waals surface area contributed by atoms with E-state index in [-0.39, 0.29) is 17.6 Å². The van der Waals surface area contributed by atoms with Crippen LogP contribution in [-0.2, 0) is 6.54 Å². The zero-order chi connectivity index (χ0) is 24.9. The second kappa shape index (κ2) is 10.9. The molecule has 0 aliphatic heterocycles. The number of rotatable bonds is 9. The van der Waals surface area contributed by atoms with Crippen LogP contribution in [0, 0.1) is 0 Å². The van der Waals surface area contributed by atoms with E-state index in [0.717, 1.165) is 42.6 Å². The van der Waals surface area contributed by atoms with Crippen LogP contribution >= 0.6 is 11.6 Å². The molecule has 1 saturated carbocycles. The van der Waals surface area contributed by atoms with E-state index in [0.29, 0.717) is 23.0 Å². The van der Waals surface area contributed by atoms with Crippen LogP contribution in [0.1, 0.15) is 31.2 Å². The van der Waals surface area contributed by atoms with Crippen LogP contribution in [0.4, 0.5) is 20.2 Å². The third-order valence-electron chi connectivity index (χ3n) is 5.96. The largest absolute Gasteiger partial charge is 0.486 e. The number of anilines is 2. The first-order valence-electron chi connectivity index (χ1n) is 11.5. The van der Waals surface area contributed by atoms with Gasteiger partial charge in [0.15, 0.2) is 11.5 Å². The molecule has 0 unspecified atom stereocenters. The molecule has 11 heteroatoms. The van der Waals surface area contributed by atoms with E-state index in [1.54, 1.807) is 30.6 Å². The first-order valence-corrected chi connectivity index (χ1v) is 11.9. The number of aromatic nitrogens is 5. The normalized spacial score (nSPS) is 13.8. The first-order chi connectivity index (χ1) is 17.6. The Bertz CT molecular complexity index is 1290. The summed E-state index contributed by atoms with van der Waals surface area (Å²) in [4.78, 5) is 6.21. The number of ether oxygens (including phenoxy) is 2. The highest BCUT2D eigenvalue weighted by Gasteiger charge is 2.22. The Labute approximate surface area is 211 Å². The standard InChI is InChI=1S/C25H23ClF2N6O2/c26-21-12-17(7-9-20(21)24-30-32-33-31-24)34(15-16-4-3-11-29-14-16)18-8-10-22(36-25(27)28)23(13-18)35-19-5-1-2-6-19/h3-4,7-14,19,25H,1-2,5-6,15H2,(H,30,31,32,33). The summed E-state index contributed by atoms with van der Waals surface area (Å²) >= 11 is 6.59. The summed E-state index contributed by atoms with van der Waals surface area (Å²) < 4.78 is 37.1. The highest BCUT2D eigenvalue weighted by molar-refractivity contribution is 6.33. The summed E-state index contributed by atoms with van der Waals surface area (Å²) in [7, 11) is 0. The molecule has 1 fully saturated rings. The van der Waals surface area contributed by atoms with Crippen molar-refractivity contribution in [2.24, 2.45) is 0 Å². The molecule has 0 saturated heterocycles. The Hall–Kier alpha value is -3.79. The van der Waals surface area contributed by atoms with Gasteiger partial charge in [0.1, 0.15) is 0 Å². The van der Waals surface area contributed by atoms with Gasteiger partial charge in [-0.15, -0.1) is 10.2 Å². The van der Waals surface area contributed by atoms with E-state index in [4.69, 9.17) is 21.1 Å². The number of nitrogens with zero attached hydrogens (tertiary/aromatic N) is 5. The van der Waals surface area contributed by atoms with E-state index in [2.05, 4.69) is 25.6 Å². The molecule has 0 amide bonds. The van der Waals surface area contributed by atoms with E-state index in [1.165, 1.54) is 6.07 Å². The number of tetrazole rings is 1. The van der Waals surface area contributed by atoms with Gasteiger partial charge in [0, 0.05) is 41.9 Å². The molecule has 1 aliphatic rings. The molecule has 4 aromatic rings. The number of hydrogen-bond acceptors (Lipinski definition) is 7. The quantitative estimate of drug-likeness (QED) is 0.286. The minimum absolute atomic E-state index is 0.00691. The van der Waals surface area contributed by atoms with Gasteiger partial charge in [-0.3, -0.25) is 4.98 Å². The molecule has 0 spiro atoms. The number of aromatic amines is 1. The molecule has 2 aromatic carbocycles. The number of nitrogens with one attached hydrogen (secondary N) is 1. The van der Waals surface area contributed by atoms with Crippen LogP contribution in [0.25, 0.3) is 11.4 Å². The second-order valence-electron chi connectivity index (χ2n) is 8.38. The second-order valence-corrected chi connectivity index (χ2v) is 8.79. The Morgan fingerprint density at radius 2 is 1.86 bits per heavy atom. The molecule has 1 aliphatic carbocycles. The summed E-state index contributed by atoms with van der Waals surface area (Å²) in [6.45, 7) is -2.51. The number of pyridine rings is 1. The Balaban J connectivity index is 1.54. The Morgan fingerprint density at radius 1 is 1.06 bits per heavy atom. The predicted octanol–water partition coefficient (Wildman–Crippen LogP) is 6.18. The van der Waals surface area contributed by atoms with Crippen molar-refractivity contribution >= 4 is 23.0 Å². The van der Waals surface area contributed by atoms with Gasteiger partial charge in [0.25, 0.3) is 0 Å². The Kier molecular flexibility index (Phi) is 7.22. The van der Waals surface area contributed by atoms with Crippen LogP contribution in [0.2, 0.25) is 5.02 Å². The first kappa shape index (κ1) is 23.9. The molecule has 36 heavy (non-hydrogen) atoms. The van der Waals surface area contributed by atoms with E-state index in [1.807, 2.05) is 29.2 Å². The van der Waals surface area contributed by atoms with Gasteiger partial charge in [-0.2, -0.15) is 14.0 Å². The highest BCUT2D eigenvalue weighted by Crippen LogP contribution is 2.40. The SMILES string of the molecule is FC(F)Oc1ccc(N(Cc2cccnc2)c2ccc(-c3nn[nH]n3)c(Cl)c2)cc1OC1CCCC1. The fourth-order valence-electron chi connectivity index (χ4n) is 4.27. The molecule has 8 nitrogen and oxygen atoms in total. The monoisotopic (exact) mass is 512 g/mol. The fraction of sp³-hybridized carbons (Fsp3) is 0.280. The fourth-order valence-corrected chi connectivity index (χ4v) is 4.53. The molecule has 0 radical (unpaired) electrons. The van der Waals surface area contributed by atoms with Crippen molar-refractivity contribution in [3.05, 3.63) is 71.5 Å². The molecular formula is C25H23ClF2N6O2. The lowest BCUT2D eigenvalue weighted by Crippen LogP contribution is -2.18. The van der Waals surface area contributed by atoms with Crippen LogP contribution in [0.5, 0.6) is 11.5 Å². The van der Waals surface area contributed by atoms with E-state index < -0.39 is 6.61 Å². The minimum Gasteiger partial charge on any atom is -0.486 e. The summed E-state index contributed by atoms with van der Waals surface area (Å²) in [6, 6.07) is 14.3. The third kappa shape index (κ3) is 5.54. The molecule has 0 bridgehead atoms. The van der Waals surface area contributed by atoms with Crippen LogP contribution < -0.4 is 14.4 Å². The smallest absolute Gasteiger partial charge is 0.387 e. The molecule has 2 aromatic heterocycles. The lowest BCUT2D eigenvalue weighted by Gasteiger charge is -2.27. The van der Waals surface area contributed by atoms with Gasteiger partial charge in [-0.05, 0) is 72.9 Å². The van der Waals surface area contributed by atoms with Crippen molar-refractivity contribution in [1.29, 1.82) is 0 Å². The number of H-pyrrole nitrogens is 1. The van der Waals surface area contributed by atoms with E-state index in [9.17, 15) is 8.78 Å². The number of benzene rings is 2. The zero-order valence-electron chi connectivity index (χ0n) is 19.2. The maximum absolute atomic E-state index is 13.1. The highest BCUT2D eigenvalue weighted by atomic mass is 35.5. The third-order valence-corrected chi connectivity index (χ3v) is 6.28. The Morgan fingerprint density at radius 3 is 2.56 bits per heavy atom. The van der Waals surface area contributed by atoms with Crippen molar-refractivity contribution < 1.29 is 18.3 Å². The van der Waals surface area contributed by atoms with Gasteiger partial charge in [-0.1, -0.05) is 17.7 Å². The molecule has 186 valence electrons. The van der Waals surface area contributed by atoms with Crippen LogP contribution in [-0.4, -0.2) is 38.3 Å². The summed E-state index contributed by atoms with van der Waals surface area (Å²) in [5.41, 5.74) is 3.06. The lowest BCUT2D eigenvalue weighted by molar-refractivity contribution is -0.0520. The lowest BCUT2D eigenvalue weighted by atomic mass is 10.1. The van der Waals surface area contributed by atoms with E-state index >= 15 is 0 Å². The summed E-state index contributed by atoms with van der Waals surface area (Å²) in [5, 5.41) is 14.4. The molecule has 0 atom stereocenters. The maximum Gasteiger partial charge on any atom is 0.387 e. The number of hydrogen-bond donors (Lipinski definition) is 1. The van der Waals surface area contributed by atoms with Gasteiger partial charge < -0.3 is 14.4 Å². The average Bonchev–Trinajstić information content (AvgIpc) is 3.59. The maximum atomic E-state index is 13.1. The average molecular weight is 513 g/mol. The molecule has 5 rings (SSSR count). The van der Waals surface area contributed by atoms with Crippen molar-refractivity contribution in [2.75, 3.05) is 4.90 Å². The van der Waals surface area contributed by atoms with Gasteiger partial charge in [0.05, 0.1) is 11.1 Å². The van der Waals surface area contributed by atoms with Crippen molar-refractivity contribution in [3.63, 3.8) is 0 Å². The van der Waals surface area contributed by atoms with Crippen molar-refractivity contribution in [1.82, 2.24) is 25.6 Å². The molecular weight excluding hydrogens is 490 g/mol. The summed E-state index contributed by atoms with van der Waals surface area (Å²) in [5.74, 6) is 0.670. The zero-order valence-corrected chi connectivity index (χ0v) is 19.9. The van der Waals surface area contributed by atoms with Gasteiger partial charge in [0.2, 0.25) is 5.82 Å². The van der Waals surface area contributed by atoms with Gasteiger partial charge >= 0.3 is 6.61 Å². The van der Waals surface area contributed by atoms with Crippen molar-refractivity contribution in [3.8, 4) is 22.9 Å².